The monoisotopic (exact) mass is 320 g/mol. The number of hydrogen-bond donors (Lipinski definition) is 1. The van der Waals surface area contributed by atoms with E-state index in [0.717, 1.165) is 27.8 Å². The van der Waals surface area contributed by atoms with Gasteiger partial charge in [0.1, 0.15) is 5.52 Å². The van der Waals surface area contributed by atoms with Crippen LogP contribution in [0.25, 0.3) is 22.6 Å². The van der Waals surface area contributed by atoms with Crippen LogP contribution in [0.5, 0.6) is 0 Å². The van der Waals surface area contributed by atoms with Crippen molar-refractivity contribution < 1.29 is 4.42 Å². The third-order valence-electron chi connectivity index (χ3n) is 3.56. The zero-order chi connectivity index (χ0) is 15.3. The number of anilines is 1. The predicted molar refractivity (Wildman–Crippen MR) is 88.1 cm³/mol. The molecule has 0 aliphatic rings. The SMILES string of the molecule is Cc1cc(C)c2oc(-c3c(Cl)cc(Cl)c(N)c3C)nc2c1. The van der Waals surface area contributed by atoms with Crippen molar-refractivity contribution in [3.63, 3.8) is 0 Å². The summed E-state index contributed by atoms with van der Waals surface area (Å²) in [4.78, 5) is 4.55. The standard InChI is InChI=1S/C16H14Cl2N2O/c1-7-4-8(2)15-12(5-7)20-16(21-15)13-9(3)14(19)11(18)6-10(13)17/h4-6H,19H2,1-3H3. The van der Waals surface area contributed by atoms with Crippen LogP contribution in [0, 0.1) is 20.8 Å². The fourth-order valence-electron chi connectivity index (χ4n) is 2.50. The lowest BCUT2D eigenvalue weighted by atomic mass is 10.1. The van der Waals surface area contributed by atoms with Crippen molar-refractivity contribution in [2.45, 2.75) is 20.8 Å². The van der Waals surface area contributed by atoms with Gasteiger partial charge in [0.2, 0.25) is 5.89 Å². The largest absolute Gasteiger partial charge is 0.436 e. The first-order chi connectivity index (χ1) is 9.88. The zero-order valence-electron chi connectivity index (χ0n) is 11.9. The highest BCUT2D eigenvalue weighted by Gasteiger charge is 2.18. The fourth-order valence-corrected chi connectivity index (χ4v) is 3.14. The van der Waals surface area contributed by atoms with Crippen LogP contribution in [0.15, 0.2) is 22.6 Å². The molecule has 0 unspecified atom stereocenters. The Labute approximate surface area is 132 Å². The van der Waals surface area contributed by atoms with Gasteiger partial charge in [-0.15, -0.1) is 0 Å². The minimum absolute atomic E-state index is 0.435. The van der Waals surface area contributed by atoms with Crippen molar-refractivity contribution >= 4 is 40.0 Å². The van der Waals surface area contributed by atoms with E-state index in [0.29, 0.717) is 27.2 Å². The van der Waals surface area contributed by atoms with E-state index in [4.69, 9.17) is 33.4 Å². The summed E-state index contributed by atoms with van der Waals surface area (Å²) in [6.07, 6.45) is 0. The highest BCUT2D eigenvalue weighted by Crippen LogP contribution is 2.39. The van der Waals surface area contributed by atoms with Crippen LogP contribution in [0.3, 0.4) is 0 Å². The normalized spacial score (nSPS) is 11.3. The Morgan fingerprint density at radius 1 is 1.05 bits per heavy atom. The molecule has 0 spiro atoms. The zero-order valence-corrected chi connectivity index (χ0v) is 13.4. The van der Waals surface area contributed by atoms with Crippen molar-refractivity contribution in [2.75, 3.05) is 5.73 Å². The van der Waals surface area contributed by atoms with E-state index in [1.165, 1.54) is 0 Å². The number of hydrogen-bond acceptors (Lipinski definition) is 3. The lowest BCUT2D eigenvalue weighted by Crippen LogP contribution is -1.95. The Morgan fingerprint density at radius 2 is 1.76 bits per heavy atom. The number of benzene rings is 2. The first-order valence-electron chi connectivity index (χ1n) is 6.50. The summed E-state index contributed by atoms with van der Waals surface area (Å²) in [6.45, 7) is 5.88. The van der Waals surface area contributed by atoms with Gasteiger partial charge in [0.15, 0.2) is 5.58 Å². The fraction of sp³-hybridized carbons (Fsp3) is 0.188. The Bertz CT molecular complexity index is 869. The highest BCUT2D eigenvalue weighted by atomic mass is 35.5. The summed E-state index contributed by atoms with van der Waals surface area (Å²) < 4.78 is 5.90. The van der Waals surface area contributed by atoms with Gasteiger partial charge in [-0.1, -0.05) is 29.3 Å². The van der Waals surface area contributed by atoms with Gasteiger partial charge in [0.25, 0.3) is 0 Å². The number of halogens is 2. The van der Waals surface area contributed by atoms with Gasteiger partial charge in [-0.25, -0.2) is 4.98 Å². The van der Waals surface area contributed by atoms with E-state index < -0.39 is 0 Å². The number of oxazole rings is 1. The van der Waals surface area contributed by atoms with E-state index in [9.17, 15) is 0 Å². The molecule has 3 rings (SSSR count). The van der Waals surface area contributed by atoms with Crippen LogP contribution in [0.1, 0.15) is 16.7 Å². The number of aromatic nitrogens is 1. The quantitative estimate of drug-likeness (QED) is 0.618. The van der Waals surface area contributed by atoms with Crippen LogP contribution >= 0.6 is 23.2 Å². The van der Waals surface area contributed by atoms with E-state index >= 15 is 0 Å². The average Bonchev–Trinajstić information content (AvgIpc) is 2.80. The molecule has 0 fully saturated rings. The Balaban J connectivity index is 2.31. The van der Waals surface area contributed by atoms with Crippen molar-refractivity contribution in [3.8, 4) is 11.5 Å². The van der Waals surface area contributed by atoms with Crippen molar-refractivity contribution in [3.05, 3.63) is 44.9 Å². The minimum atomic E-state index is 0.435. The molecular weight excluding hydrogens is 307 g/mol. The minimum Gasteiger partial charge on any atom is -0.436 e. The van der Waals surface area contributed by atoms with Crippen LogP contribution in [-0.4, -0.2) is 4.98 Å². The van der Waals surface area contributed by atoms with Crippen LogP contribution in [-0.2, 0) is 0 Å². The smallest absolute Gasteiger partial charge is 0.229 e. The van der Waals surface area contributed by atoms with E-state index in [2.05, 4.69) is 11.1 Å². The van der Waals surface area contributed by atoms with E-state index in [1.807, 2.05) is 26.8 Å². The van der Waals surface area contributed by atoms with E-state index in [1.54, 1.807) is 6.07 Å². The van der Waals surface area contributed by atoms with E-state index in [-0.39, 0.29) is 0 Å². The maximum atomic E-state index is 6.30. The van der Waals surface area contributed by atoms with Gasteiger partial charge in [0, 0.05) is 0 Å². The molecule has 0 radical (unpaired) electrons. The summed E-state index contributed by atoms with van der Waals surface area (Å²) in [5, 5.41) is 0.914. The molecule has 108 valence electrons. The molecule has 0 atom stereocenters. The Hall–Kier alpha value is -1.71. The lowest BCUT2D eigenvalue weighted by molar-refractivity contribution is 0.617. The Kier molecular flexibility index (Phi) is 3.34. The second kappa shape index (κ2) is 4.93. The number of aryl methyl sites for hydroxylation is 2. The van der Waals surface area contributed by atoms with Gasteiger partial charge in [-0.3, -0.25) is 0 Å². The topological polar surface area (TPSA) is 52.0 Å². The molecule has 3 nitrogen and oxygen atoms in total. The number of nitrogens with zero attached hydrogens (tertiary/aromatic N) is 1. The molecule has 0 aliphatic heterocycles. The second-order valence-corrected chi connectivity index (χ2v) is 6.02. The first kappa shape index (κ1) is 14.2. The van der Waals surface area contributed by atoms with Crippen molar-refractivity contribution in [1.82, 2.24) is 4.98 Å². The summed E-state index contributed by atoms with van der Waals surface area (Å²) in [5.41, 5.74) is 11.7. The average molecular weight is 321 g/mol. The summed E-state index contributed by atoms with van der Waals surface area (Å²) in [5.74, 6) is 0.463. The maximum Gasteiger partial charge on any atom is 0.229 e. The molecule has 2 N–H and O–H groups in total. The molecular formula is C16H14Cl2N2O. The number of nitrogen functional groups attached to an aromatic ring is 1. The highest BCUT2D eigenvalue weighted by molar-refractivity contribution is 6.38. The maximum absolute atomic E-state index is 6.30. The molecule has 2 aromatic carbocycles. The van der Waals surface area contributed by atoms with Gasteiger partial charge >= 0.3 is 0 Å². The molecule has 0 saturated heterocycles. The van der Waals surface area contributed by atoms with Gasteiger partial charge < -0.3 is 10.2 Å². The van der Waals surface area contributed by atoms with Gasteiger partial charge in [0.05, 0.1) is 21.3 Å². The van der Waals surface area contributed by atoms with Gasteiger partial charge in [-0.05, 0) is 49.6 Å². The molecule has 5 heteroatoms. The molecule has 0 bridgehead atoms. The molecule has 0 amide bonds. The second-order valence-electron chi connectivity index (χ2n) is 5.20. The lowest BCUT2D eigenvalue weighted by Gasteiger charge is -2.09. The van der Waals surface area contributed by atoms with Crippen LogP contribution < -0.4 is 5.73 Å². The predicted octanol–water partition coefficient (Wildman–Crippen LogP) is 5.31. The third-order valence-corrected chi connectivity index (χ3v) is 4.17. The van der Waals surface area contributed by atoms with Crippen molar-refractivity contribution in [2.24, 2.45) is 0 Å². The summed E-state index contributed by atoms with van der Waals surface area (Å²) in [6, 6.07) is 5.66. The molecule has 3 aromatic rings. The van der Waals surface area contributed by atoms with Crippen LogP contribution in [0.2, 0.25) is 10.0 Å². The molecule has 0 aliphatic carbocycles. The van der Waals surface area contributed by atoms with Crippen LogP contribution in [0.4, 0.5) is 5.69 Å². The molecule has 21 heavy (non-hydrogen) atoms. The molecule has 1 aromatic heterocycles. The molecule has 0 saturated carbocycles. The summed E-state index contributed by atoms with van der Waals surface area (Å²) in [7, 11) is 0. The number of nitrogens with two attached hydrogens (primary N) is 1. The van der Waals surface area contributed by atoms with Crippen molar-refractivity contribution in [1.29, 1.82) is 0 Å². The number of rotatable bonds is 1. The third kappa shape index (κ3) is 2.27. The Morgan fingerprint density at radius 3 is 2.48 bits per heavy atom. The first-order valence-corrected chi connectivity index (χ1v) is 7.26. The number of fused-ring (bicyclic) bond motifs is 1. The summed E-state index contributed by atoms with van der Waals surface area (Å²) >= 11 is 12.3. The molecule has 1 heterocycles. The van der Waals surface area contributed by atoms with Gasteiger partial charge in [-0.2, -0.15) is 0 Å².